The van der Waals surface area contributed by atoms with Crippen LogP contribution in [0.3, 0.4) is 0 Å². The number of carbonyl (C=O) groups excluding carboxylic acids is 1. The molecule has 0 fully saturated rings. The molecule has 0 saturated heterocycles. The molecule has 0 unspecified atom stereocenters. The van der Waals surface area contributed by atoms with Crippen molar-refractivity contribution in [1.82, 2.24) is 0 Å². The molecule has 0 N–H and O–H groups in total. The Morgan fingerprint density at radius 1 is 1.05 bits per heavy atom. The summed E-state index contributed by atoms with van der Waals surface area (Å²) in [7, 11) is 0. The number of hydrogen-bond donors (Lipinski definition) is 0. The third kappa shape index (κ3) is 2.52. The fraction of sp³-hybridized carbons (Fsp3) is 0.133. The van der Waals surface area contributed by atoms with E-state index in [4.69, 9.17) is 17.1 Å². The molecule has 2 aromatic rings. The van der Waals surface area contributed by atoms with Gasteiger partial charge in [0.15, 0.2) is 0 Å². The first kappa shape index (κ1) is 14.1. The number of halogens is 1. The Hall–Kier alpha value is -2.29. The monoisotopic (exact) mass is 285 g/mol. The normalized spacial score (nSPS) is 10.7. The summed E-state index contributed by atoms with van der Waals surface area (Å²) in [6, 6.07) is 18.2. The molecule has 2 rings (SSSR count). The molecule has 0 bridgehead atoms. The minimum Gasteiger partial charge on any atom is -0.280 e. The van der Waals surface area contributed by atoms with Gasteiger partial charge in [-0.15, -0.1) is 0 Å². The molecule has 4 nitrogen and oxygen atoms in total. The zero-order chi connectivity index (χ0) is 14.4. The number of hydrogen-bond acceptors (Lipinski definition) is 2. The number of benzene rings is 2. The summed E-state index contributed by atoms with van der Waals surface area (Å²) < 4.78 is 0. The van der Waals surface area contributed by atoms with E-state index in [2.05, 4.69) is 10.0 Å². The van der Waals surface area contributed by atoms with Crippen LogP contribution in [0.5, 0.6) is 0 Å². The highest BCUT2D eigenvalue weighted by molar-refractivity contribution is 6.66. The molecule has 0 aromatic heterocycles. The van der Waals surface area contributed by atoms with Gasteiger partial charge >= 0.3 is 0 Å². The van der Waals surface area contributed by atoms with Crippen LogP contribution in [0.2, 0.25) is 0 Å². The van der Waals surface area contributed by atoms with E-state index in [1.165, 1.54) is 0 Å². The van der Waals surface area contributed by atoms with Gasteiger partial charge in [-0.2, -0.15) is 0 Å². The van der Waals surface area contributed by atoms with Gasteiger partial charge in [0.05, 0.1) is 5.41 Å². The molecule has 0 heterocycles. The van der Waals surface area contributed by atoms with Crippen LogP contribution in [-0.4, -0.2) is 11.8 Å². The summed E-state index contributed by atoms with van der Waals surface area (Å²) in [5.74, 6) is 0. The maximum Gasteiger partial charge on any atom is 0.236 e. The molecular weight excluding hydrogens is 274 g/mol. The van der Waals surface area contributed by atoms with Gasteiger partial charge in [-0.25, -0.2) is 0 Å². The summed E-state index contributed by atoms with van der Waals surface area (Å²) in [6.07, 6.45) is 0. The van der Waals surface area contributed by atoms with E-state index < -0.39 is 10.7 Å². The van der Waals surface area contributed by atoms with Crippen molar-refractivity contribution in [2.75, 3.05) is 6.54 Å². The van der Waals surface area contributed by atoms with Crippen LogP contribution in [-0.2, 0) is 10.2 Å². The van der Waals surface area contributed by atoms with Gasteiger partial charge in [-0.1, -0.05) is 65.8 Å². The third-order valence-electron chi connectivity index (χ3n) is 3.24. The van der Waals surface area contributed by atoms with Gasteiger partial charge in [0.2, 0.25) is 5.24 Å². The molecule has 0 saturated carbocycles. The van der Waals surface area contributed by atoms with E-state index in [0.29, 0.717) is 11.1 Å². The Labute approximate surface area is 121 Å². The number of rotatable bonds is 5. The summed E-state index contributed by atoms with van der Waals surface area (Å²) in [6.45, 7) is -0.0557. The first-order chi connectivity index (χ1) is 9.71. The number of carbonyl (C=O) groups is 1. The summed E-state index contributed by atoms with van der Waals surface area (Å²) in [5, 5.41) is 3.03. The molecule has 5 heteroatoms. The average Bonchev–Trinajstić information content (AvgIpc) is 2.50. The fourth-order valence-electron chi connectivity index (χ4n) is 2.22. The standard InChI is InChI=1S/C15H12ClN3O/c16-14(20)15(11-18-19-17,12-7-3-1-4-8-12)13-9-5-2-6-10-13/h1-10H,11H2. The average molecular weight is 286 g/mol. The van der Waals surface area contributed by atoms with Crippen LogP contribution in [0.1, 0.15) is 11.1 Å². The molecule has 0 amide bonds. The predicted molar refractivity (Wildman–Crippen MR) is 78.5 cm³/mol. The molecule has 0 aliphatic heterocycles. The lowest BCUT2D eigenvalue weighted by atomic mass is 9.75. The van der Waals surface area contributed by atoms with Gasteiger partial charge in [0.1, 0.15) is 0 Å². The Balaban J connectivity index is 2.69. The van der Waals surface area contributed by atoms with Crippen molar-refractivity contribution in [1.29, 1.82) is 0 Å². The topological polar surface area (TPSA) is 65.8 Å². The third-order valence-corrected chi connectivity index (χ3v) is 3.56. The molecule has 0 aliphatic rings. The van der Waals surface area contributed by atoms with E-state index in [9.17, 15) is 4.79 Å². The maximum absolute atomic E-state index is 12.2. The second kappa shape index (κ2) is 6.24. The Bertz CT molecular complexity index is 597. The van der Waals surface area contributed by atoms with Crippen molar-refractivity contribution >= 4 is 16.8 Å². The van der Waals surface area contributed by atoms with E-state index in [-0.39, 0.29) is 6.54 Å². The smallest absolute Gasteiger partial charge is 0.236 e. The van der Waals surface area contributed by atoms with Crippen LogP contribution >= 0.6 is 11.6 Å². The van der Waals surface area contributed by atoms with Crippen LogP contribution in [0, 0.1) is 0 Å². The van der Waals surface area contributed by atoms with Gasteiger partial charge in [-0.3, -0.25) is 4.79 Å². The van der Waals surface area contributed by atoms with Crippen LogP contribution in [0.15, 0.2) is 65.8 Å². The number of nitrogens with zero attached hydrogens (tertiary/aromatic N) is 3. The first-order valence-corrected chi connectivity index (χ1v) is 6.41. The maximum atomic E-state index is 12.2. The minimum absolute atomic E-state index is 0.0557. The lowest BCUT2D eigenvalue weighted by Gasteiger charge is -2.29. The molecule has 2 aromatic carbocycles. The number of azide groups is 1. The molecule has 0 spiro atoms. The zero-order valence-corrected chi connectivity index (χ0v) is 11.4. The van der Waals surface area contributed by atoms with Gasteiger partial charge in [-0.05, 0) is 28.3 Å². The van der Waals surface area contributed by atoms with Crippen molar-refractivity contribution in [2.45, 2.75) is 5.41 Å². The second-order valence-electron chi connectivity index (χ2n) is 4.30. The first-order valence-electron chi connectivity index (χ1n) is 6.03. The van der Waals surface area contributed by atoms with Crippen LogP contribution in [0.4, 0.5) is 0 Å². The molecule has 100 valence electrons. The van der Waals surface area contributed by atoms with Gasteiger partial charge in [0.25, 0.3) is 0 Å². The highest BCUT2D eigenvalue weighted by Crippen LogP contribution is 2.35. The van der Waals surface area contributed by atoms with Crippen molar-refractivity contribution in [3.8, 4) is 0 Å². The fourth-order valence-corrected chi connectivity index (χ4v) is 2.50. The van der Waals surface area contributed by atoms with Crippen molar-refractivity contribution < 1.29 is 4.79 Å². The SMILES string of the molecule is [N-]=[N+]=NCC(C(=O)Cl)(c1ccccc1)c1ccccc1. The Morgan fingerprint density at radius 3 is 1.85 bits per heavy atom. The van der Waals surface area contributed by atoms with Crippen LogP contribution < -0.4 is 0 Å². The quantitative estimate of drug-likeness (QED) is 0.354. The zero-order valence-electron chi connectivity index (χ0n) is 10.6. The lowest BCUT2D eigenvalue weighted by Crippen LogP contribution is -2.37. The van der Waals surface area contributed by atoms with Crippen molar-refractivity contribution in [2.24, 2.45) is 5.11 Å². The van der Waals surface area contributed by atoms with E-state index in [1.54, 1.807) is 24.3 Å². The molecular formula is C15H12ClN3O. The van der Waals surface area contributed by atoms with Crippen molar-refractivity contribution in [3.63, 3.8) is 0 Å². The molecule has 0 atom stereocenters. The van der Waals surface area contributed by atoms with E-state index in [1.807, 2.05) is 36.4 Å². The molecule has 20 heavy (non-hydrogen) atoms. The molecule has 0 aliphatic carbocycles. The van der Waals surface area contributed by atoms with Crippen LogP contribution in [0.25, 0.3) is 10.4 Å². The Kier molecular flexibility index (Phi) is 4.41. The van der Waals surface area contributed by atoms with Gasteiger partial charge in [0, 0.05) is 11.5 Å². The van der Waals surface area contributed by atoms with E-state index in [0.717, 1.165) is 0 Å². The van der Waals surface area contributed by atoms with E-state index >= 15 is 0 Å². The summed E-state index contributed by atoms with van der Waals surface area (Å²) >= 11 is 5.88. The summed E-state index contributed by atoms with van der Waals surface area (Å²) in [4.78, 5) is 14.9. The minimum atomic E-state index is -1.16. The highest BCUT2D eigenvalue weighted by Gasteiger charge is 2.40. The largest absolute Gasteiger partial charge is 0.280 e. The predicted octanol–water partition coefficient (Wildman–Crippen LogP) is 4.05. The second-order valence-corrected chi connectivity index (χ2v) is 4.64. The molecule has 0 radical (unpaired) electrons. The van der Waals surface area contributed by atoms with Gasteiger partial charge < -0.3 is 0 Å². The lowest BCUT2D eigenvalue weighted by molar-refractivity contribution is -0.115. The highest BCUT2D eigenvalue weighted by atomic mass is 35.5. The Morgan fingerprint density at radius 2 is 1.50 bits per heavy atom. The van der Waals surface area contributed by atoms with Crippen molar-refractivity contribution in [3.05, 3.63) is 82.2 Å². The summed E-state index contributed by atoms with van der Waals surface area (Å²) in [5.41, 5.74) is 8.87.